The Bertz CT molecular complexity index is 1230. The van der Waals surface area contributed by atoms with Gasteiger partial charge in [0.25, 0.3) is 0 Å². The van der Waals surface area contributed by atoms with E-state index in [1.54, 1.807) is 4.90 Å². The van der Waals surface area contributed by atoms with Crippen LogP contribution < -0.4 is 16.0 Å². The number of carbonyl (C=O) groups excluding carboxylic acids is 1. The normalized spacial score (nSPS) is 34.1. The van der Waals surface area contributed by atoms with Crippen LogP contribution in [0.15, 0.2) is 0 Å². The summed E-state index contributed by atoms with van der Waals surface area (Å²) in [7, 11) is 0. The van der Waals surface area contributed by atoms with Crippen LogP contribution in [-0.2, 0) is 24.0 Å². The van der Waals surface area contributed by atoms with Gasteiger partial charge < -0.3 is 41.5 Å². The van der Waals surface area contributed by atoms with Crippen LogP contribution in [0.3, 0.4) is 0 Å². The van der Waals surface area contributed by atoms with Crippen molar-refractivity contribution >= 4 is 29.8 Å². The molecule has 4 rings (SSSR count). The molecule has 0 spiro atoms. The predicted molar refractivity (Wildman–Crippen MR) is 188 cm³/mol. The van der Waals surface area contributed by atoms with Crippen LogP contribution in [0.2, 0.25) is 0 Å². The quantitative estimate of drug-likeness (QED) is 0.0847. The second-order valence-electron chi connectivity index (χ2n) is 16.5. The lowest BCUT2D eigenvalue weighted by atomic mass is 9.43. The summed E-state index contributed by atoms with van der Waals surface area (Å²) in [6.45, 7) is 7.15. The average molecular weight is 723 g/mol. The summed E-state index contributed by atoms with van der Waals surface area (Å²) in [5.74, 6) is -1.76. The van der Waals surface area contributed by atoms with Crippen molar-refractivity contribution in [1.29, 1.82) is 0 Å². The molecule has 0 radical (unpaired) electrons. The van der Waals surface area contributed by atoms with Gasteiger partial charge in [0.05, 0.1) is 19.2 Å². The lowest BCUT2D eigenvalue weighted by Crippen LogP contribution is -2.59. The van der Waals surface area contributed by atoms with Gasteiger partial charge in [-0.15, -0.1) is 0 Å². The maximum atomic E-state index is 13.2. The Kier molecular flexibility index (Phi) is 14.3. The maximum Gasteiger partial charge on any atom is 0.320 e. The summed E-state index contributed by atoms with van der Waals surface area (Å²) in [5.41, 5.74) is -0.126. The Labute approximate surface area is 301 Å². The Hall–Kier alpha value is -2.81. The van der Waals surface area contributed by atoms with Gasteiger partial charge in [0.1, 0.15) is 6.04 Å². The lowest BCUT2D eigenvalue weighted by molar-refractivity contribution is -0.170. The largest absolute Gasteiger partial charge is 0.481 e. The molecule has 0 bridgehead atoms. The van der Waals surface area contributed by atoms with E-state index in [0.717, 1.165) is 51.4 Å². The fraction of sp³-hybridized carbons (Fsp3) is 0.865. The summed E-state index contributed by atoms with van der Waals surface area (Å²) >= 11 is 0. The maximum absolute atomic E-state index is 13.2. The van der Waals surface area contributed by atoms with Crippen LogP contribution in [0.5, 0.6) is 0 Å². The minimum Gasteiger partial charge on any atom is -0.481 e. The molecule has 4 saturated carbocycles. The van der Waals surface area contributed by atoms with Gasteiger partial charge in [-0.3, -0.25) is 28.9 Å². The molecule has 1 amide bonds. The number of nitrogens with zero attached hydrogens (tertiary/aromatic N) is 1. The molecule has 14 heteroatoms. The Morgan fingerprint density at radius 2 is 1.43 bits per heavy atom. The number of aliphatic carboxylic acids is 4. The number of hydrogen-bond donors (Lipinski definition) is 8. The van der Waals surface area contributed by atoms with E-state index < -0.39 is 36.0 Å². The fourth-order valence-corrected chi connectivity index (χ4v) is 11.2. The molecule has 0 aliphatic heterocycles. The number of carboxylic acid groups (broad SMARTS) is 4. The molecule has 11 atom stereocenters. The van der Waals surface area contributed by atoms with Gasteiger partial charge in [0.15, 0.2) is 0 Å². The van der Waals surface area contributed by atoms with Crippen molar-refractivity contribution in [2.45, 2.75) is 116 Å². The van der Waals surface area contributed by atoms with E-state index in [9.17, 15) is 39.3 Å². The summed E-state index contributed by atoms with van der Waals surface area (Å²) in [6.07, 6.45) is 8.19. The third kappa shape index (κ3) is 9.79. The van der Waals surface area contributed by atoms with E-state index in [1.165, 1.54) is 0 Å². The predicted octanol–water partition coefficient (Wildman–Crippen LogP) is 2.49. The third-order valence-electron chi connectivity index (χ3n) is 13.8. The van der Waals surface area contributed by atoms with E-state index in [2.05, 4.69) is 36.7 Å². The Morgan fingerprint density at radius 1 is 0.784 bits per heavy atom. The standard InChI is InChI=1S/C37H62N4O10/c1-22(4-11-32(44)45)26-7-8-27-25-6-5-23-18-24(12-13-36(23,2)28(25)19-30(42)37(26,27)3)40-31(43)10-9-29(35(50)51)41(16-14-38-20-33(46)47)17-15-39-21-34(48)49/h22-30,38-39,42H,4-21H2,1-3H3,(H,40,43)(H,44,45)(H,46,47)(H,48,49)(H,50,51)/t22-,23-,24+,25+,26-,27+,28+,29?,30+,36+,37-/m1/s1. The van der Waals surface area contributed by atoms with Gasteiger partial charge in [-0.05, 0) is 111 Å². The van der Waals surface area contributed by atoms with Gasteiger partial charge in [0, 0.05) is 45.1 Å². The Morgan fingerprint density at radius 3 is 2.02 bits per heavy atom. The summed E-state index contributed by atoms with van der Waals surface area (Å²) in [5, 5.41) is 57.7. The summed E-state index contributed by atoms with van der Waals surface area (Å²) in [6, 6.07) is -1.01. The van der Waals surface area contributed by atoms with Crippen LogP contribution in [0.25, 0.3) is 0 Å². The van der Waals surface area contributed by atoms with Crippen LogP contribution in [-0.4, -0.2) is 118 Å². The van der Waals surface area contributed by atoms with Gasteiger partial charge in [0.2, 0.25) is 5.91 Å². The second kappa shape index (κ2) is 17.8. The molecule has 51 heavy (non-hydrogen) atoms. The second-order valence-corrected chi connectivity index (χ2v) is 16.5. The lowest BCUT2D eigenvalue weighted by Gasteiger charge is -2.62. The minimum atomic E-state index is -1.10. The number of aliphatic hydroxyl groups excluding tert-OH is 1. The van der Waals surface area contributed by atoms with E-state index >= 15 is 0 Å². The van der Waals surface area contributed by atoms with Gasteiger partial charge >= 0.3 is 23.9 Å². The number of nitrogens with one attached hydrogen (secondary N) is 3. The first-order valence-electron chi connectivity index (χ1n) is 19.1. The summed E-state index contributed by atoms with van der Waals surface area (Å²) in [4.78, 5) is 60.2. The van der Waals surface area contributed by atoms with Gasteiger partial charge in [-0.1, -0.05) is 20.8 Å². The number of aliphatic hydroxyl groups is 1. The van der Waals surface area contributed by atoms with Crippen LogP contribution >= 0.6 is 0 Å². The number of fused-ring (bicyclic) bond motifs is 5. The number of amides is 1. The number of rotatable bonds is 20. The zero-order valence-corrected chi connectivity index (χ0v) is 30.6. The highest BCUT2D eigenvalue weighted by atomic mass is 16.4. The van der Waals surface area contributed by atoms with Crippen molar-refractivity contribution < 1.29 is 49.5 Å². The topological polar surface area (TPSA) is 226 Å². The molecule has 4 fully saturated rings. The molecule has 290 valence electrons. The zero-order chi connectivity index (χ0) is 37.5. The number of carboxylic acids is 4. The summed E-state index contributed by atoms with van der Waals surface area (Å²) < 4.78 is 0. The third-order valence-corrected chi connectivity index (χ3v) is 13.8. The van der Waals surface area contributed by atoms with Gasteiger partial charge in [-0.2, -0.15) is 0 Å². The number of carbonyl (C=O) groups is 5. The van der Waals surface area contributed by atoms with Crippen molar-refractivity contribution in [3.05, 3.63) is 0 Å². The highest BCUT2D eigenvalue weighted by molar-refractivity contribution is 5.78. The number of hydrogen-bond acceptors (Lipinski definition) is 9. The molecular formula is C37H62N4O10. The van der Waals surface area contributed by atoms with Gasteiger partial charge in [-0.25, -0.2) is 0 Å². The zero-order valence-electron chi connectivity index (χ0n) is 30.6. The molecule has 0 aromatic carbocycles. The van der Waals surface area contributed by atoms with Crippen molar-refractivity contribution in [1.82, 2.24) is 20.9 Å². The van der Waals surface area contributed by atoms with Crippen molar-refractivity contribution in [2.75, 3.05) is 39.3 Å². The van der Waals surface area contributed by atoms with Crippen molar-refractivity contribution in [2.24, 2.45) is 46.3 Å². The van der Waals surface area contributed by atoms with E-state index in [0.29, 0.717) is 36.0 Å². The van der Waals surface area contributed by atoms with Crippen molar-refractivity contribution in [3.63, 3.8) is 0 Å². The molecular weight excluding hydrogens is 660 g/mol. The van der Waals surface area contributed by atoms with Crippen LogP contribution in [0, 0.1) is 46.3 Å². The molecule has 0 aromatic rings. The minimum absolute atomic E-state index is 0.00308. The first-order valence-corrected chi connectivity index (χ1v) is 19.1. The van der Waals surface area contributed by atoms with Crippen LogP contribution in [0.1, 0.15) is 97.8 Å². The van der Waals surface area contributed by atoms with E-state index in [-0.39, 0.29) is 87.2 Å². The van der Waals surface area contributed by atoms with E-state index in [4.69, 9.17) is 10.2 Å². The molecule has 4 aliphatic carbocycles. The SMILES string of the molecule is C[C@H](CCC(=O)O)[C@H]1CC[C@H]2[C@@H]3CC[C@@H]4C[C@@H](NC(=O)CCC(C(=O)O)N(CCNCC(=O)O)CCNCC(=O)O)CC[C@]4(C)[C@H]3C[C@H](O)[C@]12C. The van der Waals surface area contributed by atoms with E-state index in [1.807, 2.05) is 0 Å². The Balaban J connectivity index is 1.32. The monoisotopic (exact) mass is 722 g/mol. The molecule has 14 nitrogen and oxygen atoms in total. The molecule has 0 saturated heterocycles. The first-order chi connectivity index (χ1) is 24.1. The highest BCUT2D eigenvalue weighted by Gasteiger charge is 2.63. The van der Waals surface area contributed by atoms with Crippen molar-refractivity contribution in [3.8, 4) is 0 Å². The molecule has 4 aliphatic rings. The molecule has 1 unspecified atom stereocenters. The molecule has 0 heterocycles. The average Bonchev–Trinajstić information content (AvgIpc) is 3.42. The first kappa shape index (κ1) is 41.0. The molecule has 8 N–H and O–H groups in total. The molecule has 0 aromatic heterocycles. The van der Waals surface area contributed by atoms with Crippen LogP contribution in [0.4, 0.5) is 0 Å². The smallest absolute Gasteiger partial charge is 0.320 e. The highest BCUT2D eigenvalue weighted by Crippen LogP contribution is 2.68. The fourth-order valence-electron chi connectivity index (χ4n) is 11.2.